The number of rotatable bonds is 5. The normalized spacial score (nSPS) is 21.2. The minimum Gasteiger partial charge on any atom is -0.322 e. The van der Waals surface area contributed by atoms with Crippen molar-refractivity contribution in [3.63, 3.8) is 0 Å². The van der Waals surface area contributed by atoms with E-state index in [1.54, 1.807) is 11.0 Å². The molecule has 0 bridgehead atoms. The monoisotopic (exact) mass is 508 g/mol. The van der Waals surface area contributed by atoms with Crippen LogP contribution < -0.4 is 5.32 Å². The summed E-state index contributed by atoms with van der Waals surface area (Å²) < 4.78 is 1.88. The van der Waals surface area contributed by atoms with Gasteiger partial charge in [0, 0.05) is 49.9 Å². The van der Waals surface area contributed by atoms with Crippen molar-refractivity contribution in [1.82, 2.24) is 24.9 Å². The topological polar surface area (TPSA) is 111 Å². The van der Waals surface area contributed by atoms with Crippen molar-refractivity contribution >= 4 is 17.7 Å². The molecule has 2 aromatic carbocycles. The van der Waals surface area contributed by atoms with E-state index in [0.717, 1.165) is 42.0 Å². The quantitative estimate of drug-likeness (QED) is 0.531. The summed E-state index contributed by atoms with van der Waals surface area (Å²) >= 11 is 0. The van der Waals surface area contributed by atoms with E-state index in [4.69, 9.17) is 0 Å². The van der Waals surface area contributed by atoms with Crippen LogP contribution >= 0.6 is 0 Å². The zero-order chi connectivity index (χ0) is 26.3. The standard InChI is InChI=1S/C29H28N6O3/c30-19-29(10-12-33(13-11-29)16-20-15-31-35(17-20)23-4-2-1-3-5-23)22-6-7-24-21(14-22)18-34(28(24)38)25-8-9-26(36)32-27(25)37/h1-7,14-15,17,25H,8-13,16,18H2,(H,32,36,37). The maximum absolute atomic E-state index is 13.1. The highest BCUT2D eigenvalue weighted by atomic mass is 16.2. The van der Waals surface area contributed by atoms with E-state index in [2.05, 4.69) is 21.4 Å². The van der Waals surface area contributed by atoms with Gasteiger partial charge in [0.25, 0.3) is 5.91 Å². The molecule has 192 valence electrons. The molecule has 0 spiro atoms. The molecule has 1 aromatic heterocycles. The Morgan fingerprint density at radius 3 is 2.61 bits per heavy atom. The lowest BCUT2D eigenvalue weighted by atomic mass is 9.73. The maximum atomic E-state index is 13.1. The number of nitrogens with one attached hydrogen (secondary N) is 1. The van der Waals surface area contributed by atoms with Crippen LogP contribution in [0.1, 0.15) is 52.7 Å². The van der Waals surface area contributed by atoms with Gasteiger partial charge in [-0.1, -0.05) is 30.3 Å². The zero-order valence-corrected chi connectivity index (χ0v) is 21.0. The van der Waals surface area contributed by atoms with Crippen LogP contribution in [-0.2, 0) is 28.1 Å². The summed E-state index contributed by atoms with van der Waals surface area (Å²) in [4.78, 5) is 40.8. The molecule has 38 heavy (non-hydrogen) atoms. The summed E-state index contributed by atoms with van der Waals surface area (Å²) in [5, 5.41) is 17.1. The molecule has 2 fully saturated rings. The van der Waals surface area contributed by atoms with Crippen LogP contribution in [0.25, 0.3) is 5.69 Å². The number of imide groups is 1. The molecular weight excluding hydrogens is 480 g/mol. The van der Waals surface area contributed by atoms with E-state index in [1.165, 1.54) is 0 Å². The van der Waals surface area contributed by atoms with Gasteiger partial charge >= 0.3 is 0 Å². The highest BCUT2D eigenvalue weighted by Crippen LogP contribution is 2.38. The van der Waals surface area contributed by atoms with Gasteiger partial charge in [-0.05, 0) is 48.6 Å². The van der Waals surface area contributed by atoms with Crippen molar-refractivity contribution in [3.05, 3.63) is 83.2 Å². The summed E-state index contributed by atoms with van der Waals surface area (Å²) in [7, 11) is 0. The van der Waals surface area contributed by atoms with Gasteiger partial charge in [-0.2, -0.15) is 10.4 Å². The molecule has 3 aliphatic rings. The fourth-order valence-electron chi connectivity index (χ4n) is 5.85. The van der Waals surface area contributed by atoms with Gasteiger partial charge in [0.1, 0.15) is 6.04 Å². The van der Waals surface area contributed by atoms with E-state index in [9.17, 15) is 19.6 Å². The number of hydrogen-bond donors (Lipinski definition) is 1. The number of amides is 3. The van der Waals surface area contributed by atoms with Crippen molar-refractivity contribution in [1.29, 1.82) is 5.26 Å². The Hall–Kier alpha value is -4.29. The number of para-hydroxylation sites is 1. The van der Waals surface area contributed by atoms with Crippen molar-refractivity contribution in [2.24, 2.45) is 0 Å². The first-order chi connectivity index (χ1) is 18.5. The van der Waals surface area contributed by atoms with E-state index in [1.807, 2.05) is 59.5 Å². The smallest absolute Gasteiger partial charge is 0.255 e. The second-order valence-corrected chi connectivity index (χ2v) is 10.4. The number of carbonyl (C=O) groups is 3. The Bertz CT molecular complexity index is 1450. The Labute approximate surface area is 220 Å². The second kappa shape index (κ2) is 9.54. The number of nitrogens with zero attached hydrogens (tertiary/aromatic N) is 5. The Kier molecular flexibility index (Phi) is 6.04. The molecule has 6 rings (SSSR count). The Morgan fingerprint density at radius 2 is 1.87 bits per heavy atom. The molecule has 0 aliphatic carbocycles. The van der Waals surface area contributed by atoms with Crippen molar-refractivity contribution in [2.75, 3.05) is 13.1 Å². The largest absolute Gasteiger partial charge is 0.322 e. The molecule has 9 nitrogen and oxygen atoms in total. The third-order valence-electron chi connectivity index (χ3n) is 8.06. The summed E-state index contributed by atoms with van der Waals surface area (Å²) in [6.45, 7) is 2.65. The molecule has 3 aromatic rings. The summed E-state index contributed by atoms with van der Waals surface area (Å²) in [6.07, 6.45) is 5.89. The molecule has 1 unspecified atom stereocenters. The zero-order valence-electron chi connectivity index (χ0n) is 21.0. The van der Waals surface area contributed by atoms with E-state index in [-0.39, 0.29) is 18.2 Å². The molecule has 1 atom stereocenters. The predicted molar refractivity (Wildman–Crippen MR) is 138 cm³/mol. The average Bonchev–Trinajstić information content (AvgIpc) is 3.54. The van der Waals surface area contributed by atoms with Crippen LogP contribution in [0.2, 0.25) is 0 Å². The number of benzene rings is 2. The van der Waals surface area contributed by atoms with Crippen LogP contribution in [0.5, 0.6) is 0 Å². The van der Waals surface area contributed by atoms with Gasteiger partial charge in [-0.3, -0.25) is 24.6 Å². The molecule has 0 radical (unpaired) electrons. The van der Waals surface area contributed by atoms with E-state index in [0.29, 0.717) is 31.4 Å². The molecule has 3 amide bonds. The first-order valence-corrected chi connectivity index (χ1v) is 13.0. The molecule has 4 heterocycles. The van der Waals surface area contributed by atoms with Gasteiger partial charge in [-0.15, -0.1) is 0 Å². The van der Waals surface area contributed by atoms with Crippen molar-refractivity contribution in [3.8, 4) is 11.8 Å². The number of hydrogen-bond acceptors (Lipinski definition) is 6. The lowest BCUT2D eigenvalue weighted by Crippen LogP contribution is -2.52. The first-order valence-electron chi connectivity index (χ1n) is 13.0. The van der Waals surface area contributed by atoms with Crippen LogP contribution in [-0.4, -0.2) is 56.4 Å². The molecular formula is C29H28N6O3. The number of fused-ring (bicyclic) bond motifs is 1. The fourth-order valence-corrected chi connectivity index (χ4v) is 5.85. The summed E-state index contributed by atoms with van der Waals surface area (Å²) in [5.41, 5.74) is 3.86. The minimum atomic E-state index is -0.643. The molecule has 0 saturated carbocycles. The molecule has 1 N–H and O–H groups in total. The molecule has 9 heteroatoms. The number of likely N-dealkylation sites (tertiary alicyclic amines) is 1. The van der Waals surface area contributed by atoms with Crippen LogP contribution in [0, 0.1) is 11.3 Å². The van der Waals surface area contributed by atoms with Crippen molar-refractivity contribution in [2.45, 2.75) is 50.2 Å². The lowest BCUT2D eigenvalue weighted by Gasteiger charge is -2.37. The van der Waals surface area contributed by atoms with E-state index >= 15 is 0 Å². The fraction of sp³-hybridized carbons (Fsp3) is 0.345. The third-order valence-corrected chi connectivity index (χ3v) is 8.06. The summed E-state index contributed by atoms with van der Waals surface area (Å²) in [5.74, 6) is -0.916. The number of nitriles is 1. The van der Waals surface area contributed by atoms with Gasteiger partial charge in [0.15, 0.2) is 0 Å². The highest BCUT2D eigenvalue weighted by molar-refractivity contribution is 6.05. The number of aromatic nitrogens is 2. The highest BCUT2D eigenvalue weighted by Gasteiger charge is 2.41. The summed E-state index contributed by atoms with van der Waals surface area (Å²) in [6, 6.07) is 17.6. The van der Waals surface area contributed by atoms with Gasteiger partial charge < -0.3 is 4.90 Å². The predicted octanol–water partition coefficient (Wildman–Crippen LogP) is 2.69. The number of piperidine rings is 2. The number of carbonyl (C=O) groups excluding carboxylic acids is 3. The first kappa shape index (κ1) is 24.1. The van der Waals surface area contributed by atoms with E-state index < -0.39 is 17.4 Å². The maximum Gasteiger partial charge on any atom is 0.255 e. The van der Waals surface area contributed by atoms with Crippen molar-refractivity contribution < 1.29 is 14.4 Å². The Balaban J connectivity index is 1.13. The van der Waals surface area contributed by atoms with Crippen LogP contribution in [0.15, 0.2) is 60.9 Å². The Morgan fingerprint density at radius 1 is 1.08 bits per heavy atom. The SMILES string of the molecule is N#CC1(c2ccc3c(c2)CN(C2CCC(=O)NC2=O)C3=O)CCN(Cc2cnn(-c3ccccc3)c2)CC1. The second-order valence-electron chi connectivity index (χ2n) is 10.4. The minimum absolute atomic E-state index is 0.196. The third kappa shape index (κ3) is 4.27. The van der Waals surface area contributed by atoms with Crippen LogP contribution in [0.3, 0.4) is 0 Å². The average molecular weight is 509 g/mol. The van der Waals surface area contributed by atoms with Crippen LogP contribution in [0.4, 0.5) is 0 Å². The van der Waals surface area contributed by atoms with Gasteiger partial charge in [0.05, 0.1) is 23.4 Å². The van der Waals surface area contributed by atoms with Gasteiger partial charge in [-0.25, -0.2) is 4.68 Å². The molecule has 3 aliphatic heterocycles. The lowest BCUT2D eigenvalue weighted by molar-refractivity contribution is -0.136. The molecule has 2 saturated heterocycles. The van der Waals surface area contributed by atoms with Gasteiger partial charge in [0.2, 0.25) is 11.8 Å².